The van der Waals surface area contributed by atoms with Crippen LogP contribution < -0.4 is 10.0 Å². The van der Waals surface area contributed by atoms with E-state index < -0.39 is 10.0 Å². The molecule has 2 aromatic heterocycles. The van der Waals surface area contributed by atoms with Gasteiger partial charge >= 0.3 is 0 Å². The number of hydrogen-bond acceptors (Lipinski definition) is 6. The SMILES string of the molecule is CNc1cc(S(=O)(=O)NCc2csc(C)n2)ccn1. The van der Waals surface area contributed by atoms with Crippen LogP contribution in [0, 0.1) is 6.92 Å². The number of hydrogen-bond donors (Lipinski definition) is 2. The van der Waals surface area contributed by atoms with E-state index in [4.69, 9.17) is 0 Å². The van der Waals surface area contributed by atoms with Crippen molar-refractivity contribution >= 4 is 27.2 Å². The topological polar surface area (TPSA) is 84.0 Å². The van der Waals surface area contributed by atoms with Gasteiger partial charge in [0.25, 0.3) is 0 Å². The van der Waals surface area contributed by atoms with Crippen molar-refractivity contribution in [3.8, 4) is 0 Å². The van der Waals surface area contributed by atoms with Crippen molar-refractivity contribution in [1.82, 2.24) is 14.7 Å². The lowest BCUT2D eigenvalue weighted by Gasteiger charge is -2.06. The fourth-order valence-electron chi connectivity index (χ4n) is 1.46. The molecule has 2 rings (SSSR count). The van der Waals surface area contributed by atoms with E-state index >= 15 is 0 Å². The zero-order valence-corrected chi connectivity index (χ0v) is 12.2. The first-order chi connectivity index (χ1) is 9.01. The molecule has 6 nitrogen and oxygen atoms in total. The molecule has 0 saturated heterocycles. The molecule has 2 N–H and O–H groups in total. The smallest absolute Gasteiger partial charge is 0.241 e. The third-order valence-electron chi connectivity index (χ3n) is 2.41. The van der Waals surface area contributed by atoms with Crippen molar-refractivity contribution in [2.24, 2.45) is 0 Å². The zero-order valence-electron chi connectivity index (χ0n) is 10.5. The average Bonchev–Trinajstić information content (AvgIpc) is 2.82. The fraction of sp³-hybridized carbons (Fsp3) is 0.273. The molecule has 0 aliphatic heterocycles. The summed E-state index contributed by atoms with van der Waals surface area (Å²) >= 11 is 1.49. The van der Waals surface area contributed by atoms with Gasteiger partial charge in [-0.1, -0.05) is 0 Å². The lowest BCUT2D eigenvalue weighted by molar-refractivity contribution is 0.580. The number of aromatic nitrogens is 2. The zero-order chi connectivity index (χ0) is 13.9. The molecular weight excluding hydrogens is 284 g/mol. The van der Waals surface area contributed by atoms with Crippen LogP contribution in [0.2, 0.25) is 0 Å². The average molecular weight is 298 g/mol. The maximum absolute atomic E-state index is 12.1. The summed E-state index contributed by atoms with van der Waals surface area (Å²) in [5.41, 5.74) is 0.717. The molecule has 19 heavy (non-hydrogen) atoms. The van der Waals surface area contributed by atoms with E-state index in [1.165, 1.54) is 29.7 Å². The first kappa shape index (κ1) is 13.9. The maximum Gasteiger partial charge on any atom is 0.241 e. The Balaban J connectivity index is 2.13. The Morgan fingerprint density at radius 3 is 2.84 bits per heavy atom. The lowest BCUT2D eigenvalue weighted by Crippen LogP contribution is -2.23. The van der Waals surface area contributed by atoms with E-state index in [9.17, 15) is 8.42 Å². The molecular formula is C11H14N4O2S2. The van der Waals surface area contributed by atoms with Gasteiger partial charge in [-0.25, -0.2) is 23.1 Å². The largest absolute Gasteiger partial charge is 0.373 e. The molecule has 0 atom stereocenters. The van der Waals surface area contributed by atoms with Crippen LogP contribution in [0.5, 0.6) is 0 Å². The van der Waals surface area contributed by atoms with Crippen LogP contribution in [-0.2, 0) is 16.6 Å². The molecule has 0 saturated carbocycles. The minimum Gasteiger partial charge on any atom is -0.373 e. The molecule has 2 heterocycles. The molecule has 0 amide bonds. The molecule has 0 spiro atoms. The van der Waals surface area contributed by atoms with Crippen LogP contribution in [-0.4, -0.2) is 25.4 Å². The molecule has 0 fully saturated rings. The van der Waals surface area contributed by atoms with Crippen LogP contribution >= 0.6 is 11.3 Å². The Kier molecular flexibility index (Phi) is 4.13. The number of thiazole rings is 1. The van der Waals surface area contributed by atoms with Gasteiger partial charge in [-0.2, -0.15) is 0 Å². The highest BCUT2D eigenvalue weighted by atomic mass is 32.2. The van der Waals surface area contributed by atoms with Crippen LogP contribution in [0.4, 0.5) is 5.82 Å². The molecule has 0 aromatic carbocycles. The first-order valence-electron chi connectivity index (χ1n) is 5.56. The molecule has 0 bridgehead atoms. The highest BCUT2D eigenvalue weighted by Gasteiger charge is 2.15. The number of nitrogens with one attached hydrogen (secondary N) is 2. The van der Waals surface area contributed by atoms with E-state index in [1.54, 1.807) is 7.05 Å². The Morgan fingerprint density at radius 2 is 2.21 bits per heavy atom. The van der Waals surface area contributed by atoms with Gasteiger partial charge in [0.05, 0.1) is 22.1 Å². The maximum atomic E-state index is 12.1. The second kappa shape index (κ2) is 5.64. The molecule has 0 aliphatic carbocycles. The van der Waals surface area contributed by atoms with Gasteiger partial charge in [-0.15, -0.1) is 11.3 Å². The summed E-state index contributed by atoms with van der Waals surface area (Å²) in [4.78, 5) is 8.37. The highest BCUT2D eigenvalue weighted by Crippen LogP contribution is 2.13. The monoisotopic (exact) mass is 298 g/mol. The van der Waals surface area contributed by atoms with E-state index in [0.29, 0.717) is 11.5 Å². The van der Waals surface area contributed by atoms with Crippen molar-refractivity contribution in [2.75, 3.05) is 12.4 Å². The fourth-order valence-corrected chi connectivity index (χ4v) is 3.08. The van der Waals surface area contributed by atoms with Gasteiger partial charge in [0.2, 0.25) is 10.0 Å². The van der Waals surface area contributed by atoms with E-state index in [0.717, 1.165) is 5.01 Å². The van der Waals surface area contributed by atoms with Gasteiger partial charge in [0.15, 0.2) is 0 Å². The summed E-state index contributed by atoms with van der Waals surface area (Å²) in [6.07, 6.45) is 1.45. The summed E-state index contributed by atoms with van der Waals surface area (Å²) in [5.74, 6) is 0.507. The number of aryl methyl sites for hydroxylation is 1. The normalized spacial score (nSPS) is 11.5. The number of nitrogens with zero attached hydrogens (tertiary/aromatic N) is 2. The Bertz CT molecular complexity index is 667. The molecule has 0 unspecified atom stereocenters. The van der Waals surface area contributed by atoms with Gasteiger partial charge in [-0.3, -0.25) is 0 Å². The van der Waals surface area contributed by atoms with Crippen LogP contribution in [0.25, 0.3) is 0 Å². The predicted molar refractivity (Wildman–Crippen MR) is 74.7 cm³/mol. The van der Waals surface area contributed by atoms with Crippen molar-refractivity contribution in [3.63, 3.8) is 0 Å². The van der Waals surface area contributed by atoms with E-state index in [2.05, 4.69) is 20.0 Å². The van der Waals surface area contributed by atoms with Crippen LogP contribution in [0.15, 0.2) is 28.6 Å². The van der Waals surface area contributed by atoms with E-state index in [1.807, 2.05) is 12.3 Å². The number of sulfonamides is 1. The molecule has 0 aliphatic rings. The van der Waals surface area contributed by atoms with Gasteiger partial charge in [0.1, 0.15) is 5.82 Å². The minimum absolute atomic E-state index is 0.179. The molecule has 2 aromatic rings. The first-order valence-corrected chi connectivity index (χ1v) is 7.92. The summed E-state index contributed by atoms with van der Waals surface area (Å²) in [5, 5.41) is 5.55. The minimum atomic E-state index is -3.55. The van der Waals surface area contributed by atoms with Gasteiger partial charge in [0, 0.05) is 24.7 Å². The Hall–Kier alpha value is -1.51. The van der Waals surface area contributed by atoms with Crippen LogP contribution in [0.1, 0.15) is 10.7 Å². The quantitative estimate of drug-likeness (QED) is 0.871. The standard InChI is InChI=1S/C11H14N4O2S2/c1-8-15-9(7-18-8)6-14-19(16,17)10-3-4-13-11(5-10)12-2/h3-5,7,14H,6H2,1-2H3,(H,12,13). The van der Waals surface area contributed by atoms with Gasteiger partial charge < -0.3 is 5.32 Å². The van der Waals surface area contributed by atoms with Crippen molar-refractivity contribution in [2.45, 2.75) is 18.4 Å². The molecule has 8 heteroatoms. The summed E-state index contributed by atoms with van der Waals surface area (Å²) in [7, 11) is -1.86. The molecule has 0 radical (unpaired) electrons. The van der Waals surface area contributed by atoms with Crippen LogP contribution in [0.3, 0.4) is 0 Å². The number of anilines is 1. The van der Waals surface area contributed by atoms with Crippen molar-refractivity contribution < 1.29 is 8.42 Å². The summed E-state index contributed by atoms with van der Waals surface area (Å²) < 4.78 is 26.7. The van der Waals surface area contributed by atoms with Gasteiger partial charge in [-0.05, 0) is 13.0 Å². The lowest BCUT2D eigenvalue weighted by atomic mass is 10.5. The van der Waals surface area contributed by atoms with Crippen molar-refractivity contribution in [3.05, 3.63) is 34.4 Å². The third-order valence-corrected chi connectivity index (χ3v) is 4.63. The third kappa shape index (κ3) is 3.49. The predicted octanol–water partition coefficient (Wildman–Crippen LogP) is 1.37. The second-order valence-corrected chi connectivity index (χ2v) is 6.64. The Morgan fingerprint density at radius 1 is 1.42 bits per heavy atom. The highest BCUT2D eigenvalue weighted by molar-refractivity contribution is 7.89. The molecule has 102 valence electrons. The summed E-state index contributed by atoms with van der Waals surface area (Å²) in [6.45, 7) is 2.06. The second-order valence-electron chi connectivity index (χ2n) is 3.81. The number of rotatable bonds is 5. The van der Waals surface area contributed by atoms with E-state index in [-0.39, 0.29) is 11.4 Å². The van der Waals surface area contributed by atoms with Crippen molar-refractivity contribution in [1.29, 1.82) is 0 Å². The summed E-state index contributed by atoms with van der Waals surface area (Å²) in [6, 6.07) is 2.93. The Labute approximate surface area is 116 Å². The number of pyridine rings is 1.